The zero-order chi connectivity index (χ0) is 10.6. The molecule has 1 aliphatic rings. The van der Waals surface area contributed by atoms with E-state index >= 15 is 0 Å². The molecule has 0 spiro atoms. The quantitative estimate of drug-likeness (QED) is 0.716. The number of carbonyl (C=O) groups excluding carboxylic acids is 1. The van der Waals surface area contributed by atoms with Crippen LogP contribution in [0, 0.1) is 5.92 Å². The van der Waals surface area contributed by atoms with Crippen molar-refractivity contribution in [3.05, 3.63) is 0 Å². The van der Waals surface area contributed by atoms with Crippen LogP contribution in [0.1, 0.15) is 39.0 Å². The summed E-state index contributed by atoms with van der Waals surface area (Å²) in [5.41, 5.74) is 0. The maximum absolute atomic E-state index is 11.5. The van der Waals surface area contributed by atoms with Crippen LogP contribution in [0.4, 0.5) is 0 Å². The van der Waals surface area contributed by atoms with Crippen molar-refractivity contribution in [1.29, 1.82) is 0 Å². The molecular formula is C10H17NO3. The Balaban J connectivity index is 2.36. The second kappa shape index (κ2) is 4.98. The highest BCUT2D eigenvalue weighted by Crippen LogP contribution is 2.23. The van der Waals surface area contributed by atoms with Gasteiger partial charge in [-0.2, -0.15) is 0 Å². The minimum atomic E-state index is -0.978. The lowest BCUT2D eigenvalue weighted by molar-refractivity contribution is -0.142. The van der Waals surface area contributed by atoms with Crippen LogP contribution in [0.5, 0.6) is 0 Å². The van der Waals surface area contributed by atoms with Crippen molar-refractivity contribution in [3.63, 3.8) is 0 Å². The largest absolute Gasteiger partial charge is 0.480 e. The van der Waals surface area contributed by atoms with Gasteiger partial charge in [0.25, 0.3) is 0 Å². The van der Waals surface area contributed by atoms with Gasteiger partial charge in [0.1, 0.15) is 6.04 Å². The molecule has 1 aliphatic carbocycles. The third-order valence-corrected chi connectivity index (χ3v) is 2.71. The van der Waals surface area contributed by atoms with E-state index in [4.69, 9.17) is 5.11 Å². The Labute approximate surface area is 83.7 Å². The minimum absolute atomic E-state index is 0.0329. The van der Waals surface area contributed by atoms with Crippen LogP contribution in [-0.2, 0) is 9.59 Å². The summed E-state index contributed by atoms with van der Waals surface area (Å²) in [5, 5.41) is 11.1. The van der Waals surface area contributed by atoms with Gasteiger partial charge in [0.15, 0.2) is 0 Å². The normalized spacial score (nSPS) is 20.1. The van der Waals surface area contributed by atoms with Gasteiger partial charge in [-0.1, -0.05) is 19.3 Å². The molecule has 14 heavy (non-hydrogen) atoms. The number of carbonyl (C=O) groups is 2. The molecule has 0 heterocycles. The third-order valence-electron chi connectivity index (χ3n) is 2.71. The van der Waals surface area contributed by atoms with Crippen molar-refractivity contribution in [3.8, 4) is 0 Å². The molecule has 1 rings (SSSR count). The zero-order valence-corrected chi connectivity index (χ0v) is 8.45. The number of hydrogen-bond donors (Lipinski definition) is 2. The maximum Gasteiger partial charge on any atom is 0.325 e. The molecule has 0 aromatic heterocycles. The van der Waals surface area contributed by atoms with Crippen LogP contribution in [0.2, 0.25) is 0 Å². The van der Waals surface area contributed by atoms with E-state index in [9.17, 15) is 9.59 Å². The van der Waals surface area contributed by atoms with Gasteiger partial charge in [0.05, 0.1) is 0 Å². The molecular weight excluding hydrogens is 182 g/mol. The number of hydrogen-bond acceptors (Lipinski definition) is 2. The van der Waals surface area contributed by atoms with Gasteiger partial charge in [0, 0.05) is 5.92 Å². The molecule has 4 nitrogen and oxygen atoms in total. The van der Waals surface area contributed by atoms with Crippen molar-refractivity contribution in [2.75, 3.05) is 0 Å². The summed E-state index contributed by atoms with van der Waals surface area (Å²) in [5.74, 6) is -1.04. The SMILES string of the molecule is C[C@H](NC(=O)C1CCCCC1)C(=O)O. The van der Waals surface area contributed by atoms with E-state index in [-0.39, 0.29) is 11.8 Å². The van der Waals surface area contributed by atoms with E-state index in [0.29, 0.717) is 0 Å². The number of carboxylic acids is 1. The fourth-order valence-electron chi connectivity index (χ4n) is 1.76. The van der Waals surface area contributed by atoms with Crippen LogP contribution < -0.4 is 5.32 Å². The Morgan fingerprint density at radius 3 is 2.36 bits per heavy atom. The number of rotatable bonds is 3. The molecule has 80 valence electrons. The average molecular weight is 199 g/mol. The molecule has 0 aromatic carbocycles. The number of amides is 1. The first kappa shape index (κ1) is 11.0. The minimum Gasteiger partial charge on any atom is -0.480 e. The zero-order valence-electron chi connectivity index (χ0n) is 8.45. The number of aliphatic carboxylic acids is 1. The summed E-state index contributed by atoms with van der Waals surface area (Å²) in [7, 11) is 0. The van der Waals surface area contributed by atoms with Crippen LogP contribution in [0.15, 0.2) is 0 Å². The Bertz CT molecular complexity index is 221. The van der Waals surface area contributed by atoms with E-state index in [1.807, 2.05) is 0 Å². The molecule has 1 amide bonds. The second-order valence-corrected chi connectivity index (χ2v) is 3.90. The second-order valence-electron chi connectivity index (χ2n) is 3.90. The van der Waals surface area contributed by atoms with E-state index < -0.39 is 12.0 Å². The van der Waals surface area contributed by atoms with Gasteiger partial charge in [-0.15, -0.1) is 0 Å². The highest BCUT2D eigenvalue weighted by Gasteiger charge is 2.23. The highest BCUT2D eigenvalue weighted by molar-refractivity contribution is 5.84. The Hall–Kier alpha value is -1.06. The van der Waals surface area contributed by atoms with E-state index in [1.165, 1.54) is 13.3 Å². The molecule has 2 N–H and O–H groups in total. The predicted octanol–water partition coefficient (Wildman–Crippen LogP) is 1.16. The highest BCUT2D eigenvalue weighted by atomic mass is 16.4. The van der Waals surface area contributed by atoms with Gasteiger partial charge >= 0.3 is 5.97 Å². The third kappa shape index (κ3) is 3.01. The summed E-state index contributed by atoms with van der Waals surface area (Å²) in [6, 6.07) is -0.774. The summed E-state index contributed by atoms with van der Waals surface area (Å²) >= 11 is 0. The topological polar surface area (TPSA) is 66.4 Å². The van der Waals surface area contributed by atoms with Gasteiger partial charge in [-0.05, 0) is 19.8 Å². The first-order chi connectivity index (χ1) is 6.61. The Morgan fingerprint density at radius 2 is 1.86 bits per heavy atom. The summed E-state index contributed by atoms with van der Waals surface area (Å²) < 4.78 is 0. The number of nitrogens with one attached hydrogen (secondary N) is 1. The van der Waals surface area contributed by atoms with Crippen LogP contribution >= 0.6 is 0 Å². The van der Waals surface area contributed by atoms with Crippen molar-refractivity contribution in [2.45, 2.75) is 45.1 Å². The predicted molar refractivity (Wildman–Crippen MR) is 51.8 cm³/mol. The summed E-state index contributed by atoms with van der Waals surface area (Å²) in [4.78, 5) is 22.0. The monoisotopic (exact) mass is 199 g/mol. The molecule has 1 saturated carbocycles. The van der Waals surface area contributed by atoms with Gasteiger partial charge in [-0.25, -0.2) is 0 Å². The van der Waals surface area contributed by atoms with Crippen molar-refractivity contribution >= 4 is 11.9 Å². The lowest BCUT2D eigenvalue weighted by Gasteiger charge is -2.21. The molecule has 1 fully saturated rings. The molecule has 0 aliphatic heterocycles. The van der Waals surface area contributed by atoms with E-state index in [0.717, 1.165) is 25.7 Å². The molecule has 0 unspecified atom stereocenters. The first-order valence-electron chi connectivity index (χ1n) is 5.14. The number of carboxylic acid groups (broad SMARTS) is 1. The Kier molecular flexibility index (Phi) is 3.92. The van der Waals surface area contributed by atoms with Gasteiger partial charge < -0.3 is 10.4 Å². The van der Waals surface area contributed by atoms with Crippen LogP contribution in [-0.4, -0.2) is 23.0 Å². The molecule has 0 aromatic rings. The maximum atomic E-state index is 11.5. The first-order valence-corrected chi connectivity index (χ1v) is 5.14. The van der Waals surface area contributed by atoms with Gasteiger partial charge in [0.2, 0.25) is 5.91 Å². The van der Waals surface area contributed by atoms with Crippen LogP contribution in [0.3, 0.4) is 0 Å². The molecule has 1 atom stereocenters. The van der Waals surface area contributed by atoms with Crippen molar-refractivity contribution in [2.24, 2.45) is 5.92 Å². The van der Waals surface area contributed by atoms with Gasteiger partial charge in [-0.3, -0.25) is 9.59 Å². The smallest absolute Gasteiger partial charge is 0.325 e. The average Bonchev–Trinajstić information content (AvgIpc) is 2.19. The van der Waals surface area contributed by atoms with Crippen molar-refractivity contribution in [1.82, 2.24) is 5.32 Å². The lowest BCUT2D eigenvalue weighted by atomic mass is 9.88. The Morgan fingerprint density at radius 1 is 1.29 bits per heavy atom. The summed E-state index contributed by atoms with van der Waals surface area (Å²) in [6.07, 6.45) is 5.16. The molecule has 0 saturated heterocycles. The molecule has 4 heteroatoms. The molecule has 0 radical (unpaired) electrons. The fourth-order valence-corrected chi connectivity index (χ4v) is 1.76. The molecule has 0 bridgehead atoms. The van der Waals surface area contributed by atoms with Crippen LogP contribution in [0.25, 0.3) is 0 Å². The fraction of sp³-hybridized carbons (Fsp3) is 0.800. The van der Waals surface area contributed by atoms with Crippen molar-refractivity contribution < 1.29 is 14.7 Å². The van der Waals surface area contributed by atoms with E-state index in [1.54, 1.807) is 0 Å². The summed E-state index contributed by atoms with van der Waals surface area (Å²) in [6.45, 7) is 1.49. The lowest BCUT2D eigenvalue weighted by Crippen LogP contribution is -2.42. The van der Waals surface area contributed by atoms with E-state index in [2.05, 4.69) is 5.32 Å². The standard InChI is InChI=1S/C10H17NO3/c1-7(10(13)14)11-9(12)8-5-3-2-4-6-8/h7-8H,2-6H2,1H3,(H,11,12)(H,13,14)/t7-/m0/s1.